The van der Waals surface area contributed by atoms with Gasteiger partial charge in [0, 0.05) is 11.3 Å². The first-order valence-electron chi connectivity index (χ1n) is 6.05. The monoisotopic (exact) mass is 239 g/mol. The topological polar surface area (TPSA) is 53.5 Å². The Morgan fingerprint density at radius 3 is 2.88 bits per heavy atom. The Labute approximate surface area is 99.7 Å². The molecule has 0 aromatic rings. The molecule has 3 rings (SSSR count). The van der Waals surface area contributed by atoms with Crippen molar-refractivity contribution < 1.29 is 4.79 Å². The van der Waals surface area contributed by atoms with Gasteiger partial charge in [-0.15, -0.1) is 0 Å². The van der Waals surface area contributed by atoms with E-state index in [1.165, 1.54) is 12.8 Å². The fourth-order valence-electron chi connectivity index (χ4n) is 1.86. The second-order valence-corrected chi connectivity index (χ2v) is 6.06. The summed E-state index contributed by atoms with van der Waals surface area (Å²) < 4.78 is 0. The number of hydrogen-bond acceptors (Lipinski definition) is 4. The fourth-order valence-corrected chi connectivity index (χ4v) is 3.07. The highest BCUT2D eigenvalue weighted by Crippen LogP contribution is 2.41. The van der Waals surface area contributed by atoms with Crippen molar-refractivity contribution in [1.29, 1.82) is 0 Å². The van der Waals surface area contributed by atoms with Gasteiger partial charge in [-0.05, 0) is 31.6 Å². The molecule has 1 atom stereocenters. The van der Waals surface area contributed by atoms with Crippen molar-refractivity contribution in [1.82, 2.24) is 10.6 Å². The van der Waals surface area contributed by atoms with E-state index in [0.29, 0.717) is 17.8 Å². The first-order chi connectivity index (χ1) is 7.81. The zero-order chi connectivity index (χ0) is 11.0. The highest BCUT2D eigenvalue weighted by Gasteiger charge is 2.35. The van der Waals surface area contributed by atoms with Crippen LogP contribution < -0.4 is 10.6 Å². The molecule has 0 radical (unpaired) electrons. The molecule has 1 heterocycles. The van der Waals surface area contributed by atoms with E-state index < -0.39 is 0 Å². The van der Waals surface area contributed by atoms with E-state index in [1.807, 2.05) is 11.8 Å². The second-order valence-electron chi connectivity index (χ2n) is 4.83. The molecule has 0 aromatic heterocycles. The van der Waals surface area contributed by atoms with Crippen molar-refractivity contribution in [2.75, 3.05) is 13.1 Å². The molecule has 1 aliphatic heterocycles. The summed E-state index contributed by atoms with van der Waals surface area (Å²) in [7, 11) is 0. The van der Waals surface area contributed by atoms with Crippen LogP contribution in [0.3, 0.4) is 0 Å². The van der Waals surface area contributed by atoms with Crippen LogP contribution in [0.2, 0.25) is 0 Å². The van der Waals surface area contributed by atoms with Gasteiger partial charge in [0.15, 0.2) is 5.17 Å². The number of carbonyl (C=O) groups excluding carboxylic acids is 1. The molecular formula is C11H17N3OS. The second kappa shape index (κ2) is 4.28. The third-order valence-corrected chi connectivity index (χ3v) is 4.50. The van der Waals surface area contributed by atoms with Gasteiger partial charge in [-0.3, -0.25) is 9.79 Å². The average molecular weight is 239 g/mol. The lowest BCUT2D eigenvalue weighted by Gasteiger charge is -2.07. The third-order valence-electron chi connectivity index (χ3n) is 3.17. The third kappa shape index (κ3) is 2.70. The summed E-state index contributed by atoms with van der Waals surface area (Å²) in [5.74, 6) is 0.981. The molecule has 4 nitrogen and oxygen atoms in total. The number of rotatable bonds is 4. The maximum atomic E-state index is 11.4. The Kier molecular flexibility index (Phi) is 2.79. The molecule has 0 saturated heterocycles. The zero-order valence-electron chi connectivity index (χ0n) is 9.24. The summed E-state index contributed by atoms with van der Waals surface area (Å²) in [5.41, 5.74) is 0. The Bertz CT molecular complexity index is 323. The van der Waals surface area contributed by atoms with Crippen molar-refractivity contribution in [3.63, 3.8) is 0 Å². The molecule has 2 aliphatic carbocycles. The number of nitrogens with zero attached hydrogens (tertiary/aromatic N) is 1. The van der Waals surface area contributed by atoms with Crippen LogP contribution in [0.1, 0.15) is 25.7 Å². The first-order valence-corrected chi connectivity index (χ1v) is 6.93. The normalized spacial score (nSPS) is 28.8. The molecule has 2 saturated carbocycles. The van der Waals surface area contributed by atoms with Crippen molar-refractivity contribution in [2.45, 2.75) is 37.0 Å². The van der Waals surface area contributed by atoms with Crippen LogP contribution in [0, 0.1) is 5.92 Å². The molecule has 1 unspecified atom stereocenters. The highest BCUT2D eigenvalue weighted by atomic mass is 32.2. The van der Waals surface area contributed by atoms with E-state index in [2.05, 4.69) is 15.6 Å². The van der Waals surface area contributed by atoms with Gasteiger partial charge in [0.25, 0.3) is 0 Å². The molecule has 2 fully saturated rings. The number of hydrogen-bond donors (Lipinski definition) is 2. The quantitative estimate of drug-likeness (QED) is 0.760. The van der Waals surface area contributed by atoms with Crippen LogP contribution in [0.4, 0.5) is 0 Å². The zero-order valence-corrected chi connectivity index (χ0v) is 10.1. The summed E-state index contributed by atoms with van der Waals surface area (Å²) in [6, 6.07) is 0.451. The molecule has 0 spiro atoms. The molecule has 88 valence electrons. The van der Waals surface area contributed by atoms with Crippen molar-refractivity contribution in [3.05, 3.63) is 0 Å². The Hall–Kier alpha value is -0.710. The number of nitrogens with one attached hydrogen (secondary N) is 2. The van der Waals surface area contributed by atoms with Crippen molar-refractivity contribution >= 4 is 22.8 Å². The molecule has 16 heavy (non-hydrogen) atoms. The number of aliphatic imine (C=N–C) groups is 1. The summed E-state index contributed by atoms with van der Waals surface area (Å²) >= 11 is 1.82. The van der Waals surface area contributed by atoms with Gasteiger partial charge >= 0.3 is 0 Å². The number of carbonyl (C=O) groups is 1. The maximum absolute atomic E-state index is 11.4. The minimum absolute atomic E-state index is 0.0978. The van der Waals surface area contributed by atoms with E-state index in [4.69, 9.17) is 0 Å². The standard InChI is InChI=1S/C11H17N3OS/c15-10(14-8-3-4-8)6-13-11-12-5-9(16-11)7-1-2-7/h7-9H,1-6H2,(H,12,13)(H,14,15). The SMILES string of the molecule is O=C(CNC1=NCC(C2CC2)S1)NC1CC1. The van der Waals surface area contributed by atoms with Crippen molar-refractivity contribution in [2.24, 2.45) is 10.9 Å². The minimum atomic E-state index is 0.0978. The van der Waals surface area contributed by atoms with Crippen LogP contribution in [-0.4, -0.2) is 35.5 Å². The van der Waals surface area contributed by atoms with Crippen molar-refractivity contribution in [3.8, 4) is 0 Å². The summed E-state index contributed by atoms with van der Waals surface area (Å²) in [5, 5.41) is 7.72. The Balaban J connectivity index is 1.36. The number of amidine groups is 1. The molecule has 0 bridgehead atoms. The maximum Gasteiger partial charge on any atom is 0.239 e. The molecule has 2 N–H and O–H groups in total. The molecular weight excluding hydrogens is 222 g/mol. The number of thioether (sulfide) groups is 1. The Morgan fingerprint density at radius 1 is 1.38 bits per heavy atom. The van der Waals surface area contributed by atoms with Crippen LogP contribution in [0.5, 0.6) is 0 Å². The lowest BCUT2D eigenvalue weighted by molar-refractivity contribution is -0.120. The average Bonchev–Trinajstić information content (AvgIpc) is 3.18. The van der Waals surface area contributed by atoms with E-state index in [1.54, 1.807) is 0 Å². The van der Waals surface area contributed by atoms with Crippen LogP contribution >= 0.6 is 11.8 Å². The van der Waals surface area contributed by atoms with E-state index in [9.17, 15) is 4.79 Å². The summed E-state index contributed by atoms with van der Waals surface area (Å²) in [6.07, 6.45) is 5.02. The lowest BCUT2D eigenvalue weighted by atomic mass is 10.3. The largest absolute Gasteiger partial charge is 0.356 e. The van der Waals surface area contributed by atoms with Crippen LogP contribution in [-0.2, 0) is 4.79 Å². The molecule has 0 aromatic carbocycles. The van der Waals surface area contributed by atoms with Gasteiger partial charge < -0.3 is 10.6 Å². The van der Waals surface area contributed by atoms with E-state index >= 15 is 0 Å². The van der Waals surface area contributed by atoms with Gasteiger partial charge in [-0.2, -0.15) is 0 Å². The predicted octanol–water partition coefficient (Wildman–Crippen LogP) is 0.736. The van der Waals surface area contributed by atoms with Gasteiger partial charge in [-0.1, -0.05) is 11.8 Å². The summed E-state index contributed by atoms with van der Waals surface area (Å²) in [6.45, 7) is 1.31. The molecule has 3 aliphatic rings. The fraction of sp³-hybridized carbons (Fsp3) is 0.818. The van der Waals surface area contributed by atoms with E-state index in [-0.39, 0.29) is 5.91 Å². The smallest absolute Gasteiger partial charge is 0.239 e. The lowest BCUT2D eigenvalue weighted by Crippen LogP contribution is -2.36. The number of amides is 1. The van der Waals surface area contributed by atoms with Gasteiger partial charge in [0.2, 0.25) is 5.91 Å². The van der Waals surface area contributed by atoms with Crippen LogP contribution in [0.25, 0.3) is 0 Å². The predicted molar refractivity (Wildman–Crippen MR) is 65.6 cm³/mol. The highest BCUT2D eigenvalue weighted by molar-refractivity contribution is 8.14. The van der Waals surface area contributed by atoms with Gasteiger partial charge in [0.05, 0.1) is 13.1 Å². The molecule has 5 heteroatoms. The minimum Gasteiger partial charge on any atom is -0.356 e. The summed E-state index contributed by atoms with van der Waals surface area (Å²) in [4.78, 5) is 15.9. The van der Waals surface area contributed by atoms with Crippen LogP contribution in [0.15, 0.2) is 4.99 Å². The Morgan fingerprint density at radius 2 is 2.19 bits per heavy atom. The van der Waals surface area contributed by atoms with Gasteiger partial charge in [0.1, 0.15) is 0 Å². The van der Waals surface area contributed by atoms with Gasteiger partial charge in [-0.25, -0.2) is 0 Å². The first kappa shape index (κ1) is 10.4. The van der Waals surface area contributed by atoms with E-state index in [0.717, 1.165) is 30.5 Å². The molecule has 1 amide bonds.